The minimum Gasteiger partial charge on any atom is -0.508 e. The molecule has 1 atom stereocenters. The van der Waals surface area contributed by atoms with E-state index in [9.17, 15) is 19.5 Å². The Morgan fingerprint density at radius 3 is 2.43 bits per heavy atom. The first-order chi connectivity index (χ1) is 16.8. The predicted octanol–water partition coefficient (Wildman–Crippen LogP) is 2.73. The highest BCUT2D eigenvalue weighted by Gasteiger charge is 2.21. The van der Waals surface area contributed by atoms with Gasteiger partial charge in [-0.2, -0.15) is 0 Å². The number of rotatable bonds is 13. The smallest absolute Gasteiger partial charge is 0.408 e. The normalized spacial score (nSPS) is 11.1. The number of carboxylic acids is 1. The van der Waals surface area contributed by atoms with Gasteiger partial charge in [-0.1, -0.05) is 36.4 Å². The van der Waals surface area contributed by atoms with Gasteiger partial charge < -0.3 is 36.2 Å². The molecular weight excluding hydrogens is 472 g/mol. The van der Waals surface area contributed by atoms with Gasteiger partial charge in [-0.15, -0.1) is 0 Å². The van der Waals surface area contributed by atoms with Crippen LogP contribution in [0.2, 0.25) is 0 Å². The van der Waals surface area contributed by atoms with E-state index in [0.29, 0.717) is 36.6 Å². The lowest BCUT2D eigenvalue weighted by atomic mass is 10.1. The third-order valence-corrected chi connectivity index (χ3v) is 5.05. The Balaban J connectivity index is 1.84. The van der Waals surface area contributed by atoms with E-state index in [4.69, 9.17) is 22.1 Å². The van der Waals surface area contributed by atoms with E-state index in [1.54, 1.807) is 12.1 Å². The van der Waals surface area contributed by atoms with Crippen LogP contribution < -0.4 is 21.3 Å². The molecular formula is C24H30N4O6S. The number of carbonyl (C=O) groups excluding carboxylic acids is 2. The topological polar surface area (TPSA) is 149 Å². The summed E-state index contributed by atoms with van der Waals surface area (Å²) >= 11 is 5.09. The van der Waals surface area contributed by atoms with Crippen LogP contribution >= 0.6 is 12.2 Å². The Morgan fingerprint density at radius 2 is 1.71 bits per heavy atom. The molecule has 0 bridgehead atoms. The number of carbonyl (C=O) groups is 3. The first-order valence-electron chi connectivity index (χ1n) is 11.1. The van der Waals surface area contributed by atoms with Crippen LogP contribution in [0.1, 0.15) is 31.2 Å². The third kappa shape index (κ3) is 11.7. The minimum absolute atomic E-state index is 0.00795. The van der Waals surface area contributed by atoms with Crippen molar-refractivity contribution in [1.29, 1.82) is 0 Å². The first-order valence-corrected chi connectivity index (χ1v) is 11.5. The van der Waals surface area contributed by atoms with E-state index in [1.807, 2.05) is 30.3 Å². The monoisotopic (exact) mass is 502 g/mol. The lowest BCUT2D eigenvalue weighted by Gasteiger charge is -2.19. The zero-order valence-corrected chi connectivity index (χ0v) is 20.0. The second-order valence-electron chi connectivity index (χ2n) is 7.62. The number of hydrogen-bond acceptors (Lipinski definition) is 6. The number of amides is 2. The maximum atomic E-state index is 12.8. The summed E-state index contributed by atoms with van der Waals surface area (Å²) in [7, 11) is 0. The van der Waals surface area contributed by atoms with Gasteiger partial charge in [0.1, 0.15) is 18.4 Å². The van der Waals surface area contributed by atoms with Gasteiger partial charge in [0.05, 0.1) is 6.42 Å². The fourth-order valence-corrected chi connectivity index (χ4v) is 3.21. The van der Waals surface area contributed by atoms with Crippen molar-refractivity contribution in [2.75, 3.05) is 18.4 Å². The van der Waals surface area contributed by atoms with E-state index in [0.717, 1.165) is 5.56 Å². The molecule has 0 radical (unpaired) electrons. The van der Waals surface area contributed by atoms with Crippen LogP contribution in [0.4, 0.5) is 10.5 Å². The number of unbranched alkanes of at least 4 members (excludes halogenated alkanes) is 1. The van der Waals surface area contributed by atoms with Crippen molar-refractivity contribution < 1.29 is 29.3 Å². The minimum atomic E-state index is -0.912. The summed E-state index contributed by atoms with van der Waals surface area (Å²) in [5.41, 5.74) is 1.22. The van der Waals surface area contributed by atoms with Crippen LogP contribution in [0, 0.1) is 0 Å². The van der Waals surface area contributed by atoms with Crippen molar-refractivity contribution in [1.82, 2.24) is 16.0 Å². The average Bonchev–Trinajstić information content (AvgIpc) is 2.82. The highest BCUT2D eigenvalue weighted by atomic mass is 32.1. The number of thiocarbonyl (C=S) groups is 1. The molecule has 35 heavy (non-hydrogen) atoms. The summed E-state index contributed by atoms with van der Waals surface area (Å²) in [6.07, 6.45) is 0.821. The molecule has 1 unspecified atom stereocenters. The maximum Gasteiger partial charge on any atom is 0.408 e. The number of ether oxygens (including phenoxy) is 1. The molecule has 0 spiro atoms. The van der Waals surface area contributed by atoms with Crippen molar-refractivity contribution >= 4 is 41.0 Å². The van der Waals surface area contributed by atoms with E-state index in [-0.39, 0.29) is 25.3 Å². The summed E-state index contributed by atoms with van der Waals surface area (Å²) in [5, 5.41) is 29.7. The Labute approximate surface area is 209 Å². The van der Waals surface area contributed by atoms with E-state index in [1.165, 1.54) is 12.1 Å². The van der Waals surface area contributed by atoms with Crippen molar-refractivity contribution in [3.8, 4) is 5.75 Å². The second-order valence-corrected chi connectivity index (χ2v) is 8.03. The fraction of sp³-hybridized carbons (Fsp3) is 0.333. The molecule has 0 heterocycles. The number of phenolic OH excluding ortho intramolecular Hbond substituents is 1. The molecule has 6 N–H and O–H groups in total. The molecule has 2 amide bonds. The Kier molecular flexibility index (Phi) is 11.8. The van der Waals surface area contributed by atoms with Gasteiger partial charge >= 0.3 is 12.1 Å². The molecule has 188 valence electrons. The SMILES string of the molecule is O=C(O)CCNC(=S)NCCCCC(NC(=O)OCc1ccccc1)C(=O)Nc1cccc(O)c1. The fourth-order valence-electron chi connectivity index (χ4n) is 3.01. The number of benzene rings is 2. The van der Waals surface area contributed by atoms with Crippen molar-refractivity contribution in [2.45, 2.75) is 38.3 Å². The molecule has 10 nitrogen and oxygen atoms in total. The molecule has 0 aliphatic rings. The zero-order valence-electron chi connectivity index (χ0n) is 19.2. The Morgan fingerprint density at radius 1 is 0.971 bits per heavy atom. The van der Waals surface area contributed by atoms with Crippen LogP contribution in [-0.4, -0.2) is 52.4 Å². The molecule has 11 heteroatoms. The second kappa shape index (κ2) is 15.1. The summed E-state index contributed by atoms with van der Waals surface area (Å²) < 4.78 is 5.24. The standard InChI is InChI=1S/C24H30N4O6S/c29-19-10-6-9-18(15-19)27-22(32)20(28-24(33)34-16-17-7-2-1-3-8-17)11-4-5-13-25-23(35)26-14-12-21(30)31/h1-3,6-10,15,20,29H,4-5,11-14,16H2,(H,27,32)(H,28,33)(H,30,31)(H2,25,26,35). The quantitative estimate of drug-likeness (QED) is 0.180. The Bertz CT molecular complexity index is 989. The molecule has 2 aromatic rings. The number of aliphatic carboxylic acids is 1. The molecule has 0 fully saturated rings. The first kappa shape index (κ1) is 27.4. The number of anilines is 1. The van der Waals surface area contributed by atoms with Gasteiger partial charge in [0, 0.05) is 24.8 Å². The highest BCUT2D eigenvalue weighted by Crippen LogP contribution is 2.16. The molecule has 2 rings (SSSR count). The summed E-state index contributed by atoms with van der Waals surface area (Å²) in [6, 6.07) is 14.4. The molecule has 0 saturated heterocycles. The molecule has 0 aromatic heterocycles. The van der Waals surface area contributed by atoms with E-state index < -0.39 is 24.0 Å². The summed E-state index contributed by atoms with van der Waals surface area (Å²) in [6.45, 7) is 0.815. The zero-order chi connectivity index (χ0) is 25.5. The van der Waals surface area contributed by atoms with Gasteiger partial charge in [0.15, 0.2) is 5.11 Å². The lowest BCUT2D eigenvalue weighted by Crippen LogP contribution is -2.44. The van der Waals surface area contributed by atoms with Gasteiger partial charge in [0.2, 0.25) is 5.91 Å². The van der Waals surface area contributed by atoms with Crippen LogP contribution in [-0.2, 0) is 20.9 Å². The molecule has 0 saturated carbocycles. The predicted molar refractivity (Wildman–Crippen MR) is 135 cm³/mol. The van der Waals surface area contributed by atoms with Gasteiger partial charge in [0.25, 0.3) is 0 Å². The lowest BCUT2D eigenvalue weighted by molar-refractivity contribution is -0.136. The van der Waals surface area contributed by atoms with Gasteiger partial charge in [-0.3, -0.25) is 9.59 Å². The van der Waals surface area contributed by atoms with Crippen molar-refractivity contribution in [2.24, 2.45) is 0 Å². The number of nitrogens with one attached hydrogen (secondary N) is 4. The molecule has 2 aromatic carbocycles. The largest absolute Gasteiger partial charge is 0.508 e. The van der Waals surface area contributed by atoms with E-state index in [2.05, 4.69) is 21.3 Å². The average molecular weight is 503 g/mol. The number of hydrogen-bond donors (Lipinski definition) is 6. The van der Waals surface area contributed by atoms with Crippen LogP contribution in [0.3, 0.4) is 0 Å². The number of phenols is 1. The molecule has 0 aliphatic heterocycles. The molecule has 0 aliphatic carbocycles. The van der Waals surface area contributed by atoms with Gasteiger partial charge in [-0.25, -0.2) is 4.79 Å². The number of alkyl carbamates (subject to hydrolysis) is 1. The highest BCUT2D eigenvalue weighted by molar-refractivity contribution is 7.80. The maximum absolute atomic E-state index is 12.8. The summed E-state index contributed by atoms with van der Waals surface area (Å²) in [4.78, 5) is 35.7. The number of carboxylic acid groups (broad SMARTS) is 1. The number of aromatic hydroxyl groups is 1. The van der Waals surface area contributed by atoms with Crippen LogP contribution in [0.15, 0.2) is 54.6 Å². The summed E-state index contributed by atoms with van der Waals surface area (Å²) in [5.74, 6) is -1.34. The third-order valence-electron chi connectivity index (χ3n) is 4.76. The van der Waals surface area contributed by atoms with E-state index >= 15 is 0 Å². The van der Waals surface area contributed by atoms with Crippen molar-refractivity contribution in [3.63, 3.8) is 0 Å². The Hall–Kier alpha value is -3.86. The van der Waals surface area contributed by atoms with Crippen LogP contribution in [0.5, 0.6) is 5.75 Å². The van der Waals surface area contributed by atoms with Crippen molar-refractivity contribution in [3.05, 3.63) is 60.2 Å². The van der Waals surface area contributed by atoms with Crippen LogP contribution in [0.25, 0.3) is 0 Å². The van der Waals surface area contributed by atoms with Gasteiger partial charge in [-0.05, 0) is 49.2 Å².